The average molecular weight is 268 g/mol. The van der Waals surface area contributed by atoms with E-state index in [0.29, 0.717) is 0 Å². The molecule has 20 heavy (non-hydrogen) atoms. The summed E-state index contributed by atoms with van der Waals surface area (Å²) < 4.78 is 0.960. The van der Waals surface area contributed by atoms with Gasteiger partial charge >= 0.3 is 0 Å². The largest absolute Gasteiger partial charge is 0.393 e. The lowest BCUT2D eigenvalue weighted by molar-refractivity contribution is 0.0813. The van der Waals surface area contributed by atoms with Gasteiger partial charge in [0.05, 0.1) is 19.2 Å². The number of hydrogen-bond donors (Lipinski definition) is 1. The van der Waals surface area contributed by atoms with Crippen LogP contribution >= 0.6 is 0 Å². The second-order valence-corrected chi connectivity index (χ2v) is 5.80. The van der Waals surface area contributed by atoms with E-state index in [1.165, 1.54) is 11.3 Å². The van der Waals surface area contributed by atoms with Crippen molar-refractivity contribution in [1.82, 2.24) is 4.48 Å². The van der Waals surface area contributed by atoms with Gasteiger partial charge in [0.1, 0.15) is 12.2 Å². The molecule has 0 aliphatic carbocycles. The van der Waals surface area contributed by atoms with E-state index >= 15 is 0 Å². The van der Waals surface area contributed by atoms with Crippen LogP contribution in [0.2, 0.25) is 0 Å². The minimum absolute atomic E-state index is 0.124. The molecule has 1 saturated heterocycles. The zero-order valence-electron chi connectivity index (χ0n) is 11.8. The lowest BCUT2D eigenvalue weighted by Gasteiger charge is -2.42. The van der Waals surface area contributed by atoms with Gasteiger partial charge in [0.2, 0.25) is 0 Å². The average Bonchev–Trinajstić information content (AvgIpc) is 2.52. The minimum Gasteiger partial charge on any atom is -0.393 e. The predicted molar refractivity (Wildman–Crippen MR) is 83.4 cm³/mol. The highest BCUT2D eigenvalue weighted by molar-refractivity contribution is 5.43. The van der Waals surface area contributed by atoms with Gasteiger partial charge in [-0.1, -0.05) is 48.5 Å². The molecule has 2 heteroatoms. The fourth-order valence-electron chi connectivity index (χ4n) is 3.23. The summed E-state index contributed by atoms with van der Waals surface area (Å²) in [6.45, 7) is 3.04. The Balaban J connectivity index is 1.92. The Labute approximate surface area is 120 Å². The summed E-state index contributed by atoms with van der Waals surface area (Å²) in [6.07, 6.45) is 1.66. The first kappa shape index (κ1) is 13.3. The van der Waals surface area contributed by atoms with Crippen molar-refractivity contribution >= 4 is 5.69 Å². The van der Waals surface area contributed by atoms with E-state index in [0.717, 1.165) is 37.0 Å². The zero-order chi connectivity index (χ0) is 13.8. The Morgan fingerprint density at radius 2 is 1.40 bits per heavy atom. The first-order valence-corrected chi connectivity index (χ1v) is 7.42. The van der Waals surface area contributed by atoms with Crippen LogP contribution in [-0.2, 0) is 6.54 Å². The van der Waals surface area contributed by atoms with Gasteiger partial charge in [0, 0.05) is 18.4 Å². The molecule has 3 rings (SSSR count). The standard InChI is InChI=1S/C18H22NO/c20-18-11-13-19(14-12-18,17-9-5-2-6-10-17)15-16-7-3-1-4-8-16/h1-10,18,20H,11-15H2/q+1. The Hall–Kier alpha value is -1.64. The Morgan fingerprint density at radius 1 is 0.850 bits per heavy atom. The van der Waals surface area contributed by atoms with Gasteiger partial charge in [-0.15, -0.1) is 0 Å². The summed E-state index contributed by atoms with van der Waals surface area (Å²) >= 11 is 0. The molecule has 1 N–H and O–H groups in total. The van der Waals surface area contributed by atoms with Gasteiger partial charge in [0.15, 0.2) is 0 Å². The zero-order valence-corrected chi connectivity index (χ0v) is 11.8. The molecule has 2 nitrogen and oxygen atoms in total. The highest BCUT2D eigenvalue weighted by Crippen LogP contribution is 2.31. The van der Waals surface area contributed by atoms with Crippen LogP contribution < -0.4 is 4.48 Å². The summed E-state index contributed by atoms with van der Waals surface area (Å²) in [4.78, 5) is 0. The summed E-state index contributed by atoms with van der Waals surface area (Å²) in [5.41, 5.74) is 2.73. The molecule has 0 aromatic heterocycles. The Kier molecular flexibility index (Phi) is 3.86. The maximum absolute atomic E-state index is 9.84. The molecule has 104 valence electrons. The van der Waals surface area contributed by atoms with E-state index in [4.69, 9.17) is 0 Å². The number of likely N-dealkylation sites (tertiary alicyclic amines) is 1. The monoisotopic (exact) mass is 268 g/mol. The molecule has 0 atom stereocenters. The maximum atomic E-state index is 9.84. The van der Waals surface area contributed by atoms with E-state index in [2.05, 4.69) is 60.7 Å². The van der Waals surface area contributed by atoms with Crippen molar-refractivity contribution in [1.29, 1.82) is 0 Å². The van der Waals surface area contributed by atoms with Crippen LogP contribution in [0.1, 0.15) is 18.4 Å². The lowest BCUT2D eigenvalue weighted by atomic mass is 10.0. The molecule has 0 spiro atoms. The molecular formula is C18H22NO+. The van der Waals surface area contributed by atoms with Crippen LogP contribution in [0.4, 0.5) is 5.69 Å². The number of nitrogens with zero attached hydrogens (tertiary/aromatic N) is 1. The summed E-state index contributed by atoms with van der Waals surface area (Å²) in [5, 5.41) is 9.84. The molecule has 1 aliphatic rings. The van der Waals surface area contributed by atoms with Gasteiger partial charge < -0.3 is 5.11 Å². The van der Waals surface area contributed by atoms with Crippen LogP contribution in [0.3, 0.4) is 0 Å². The highest BCUT2D eigenvalue weighted by Gasteiger charge is 2.35. The first-order chi connectivity index (χ1) is 9.78. The molecule has 0 unspecified atom stereocenters. The normalized spacial score (nSPS) is 26.4. The third-order valence-corrected chi connectivity index (χ3v) is 4.41. The fraction of sp³-hybridized carbons (Fsp3) is 0.333. The molecule has 1 heterocycles. The summed E-state index contributed by atoms with van der Waals surface area (Å²) in [7, 11) is 0. The SMILES string of the molecule is OC1CC[N+](Cc2ccccc2)(c2ccccc2)CC1. The molecule has 2 aromatic rings. The number of aliphatic hydroxyl groups excluding tert-OH is 1. The van der Waals surface area contributed by atoms with Gasteiger partial charge in [-0.3, -0.25) is 4.48 Å². The van der Waals surface area contributed by atoms with Gasteiger partial charge in [-0.2, -0.15) is 0 Å². The van der Waals surface area contributed by atoms with E-state index in [1.807, 2.05) is 0 Å². The van der Waals surface area contributed by atoms with Crippen LogP contribution in [-0.4, -0.2) is 24.3 Å². The van der Waals surface area contributed by atoms with Crippen LogP contribution in [0.5, 0.6) is 0 Å². The topological polar surface area (TPSA) is 20.2 Å². The molecule has 0 amide bonds. The molecule has 1 aliphatic heterocycles. The van der Waals surface area contributed by atoms with E-state index in [9.17, 15) is 5.11 Å². The van der Waals surface area contributed by atoms with Gasteiger partial charge in [-0.05, 0) is 12.1 Å². The lowest BCUT2D eigenvalue weighted by Crippen LogP contribution is -2.54. The second-order valence-electron chi connectivity index (χ2n) is 5.80. The number of para-hydroxylation sites is 1. The predicted octanol–water partition coefficient (Wildman–Crippen LogP) is 3.35. The van der Waals surface area contributed by atoms with Crippen LogP contribution in [0.15, 0.2) is 60.7 Å². The maximum Gasteiger partial charge on any atom is 0.133 e. The smallest absolute Gasteiger partial charge is 0.133 e. The van der Waals surface area contributed by atoms with Crippen molar-refractivity contribution in [3.05, 3.63) is 66.2 Å². The molecule has 1 fully saturated rings. The molecule has 0 radical (unpaired) electrons. The third kappa shape index (κ3) is 2.77. The Bertz CT molecular complexity index is 530. The van der Waals surface area contributed by atoms with E-state index in [-0.39, 0.29) is 6.10 Å². The van der Waals surface area contributed by atoms with Crippen LogP contribution in [0, 0.1) is 0 Å². The number of hydrogen-bond acceptors (Lipinski definition) is 1. The Morgan fingerprint density at radius 3 is 2.00 bits per heavy atom. The van der Waals surface area contributed by atoms with E-state index < -0.39 is 0 Å². The van der Waals surface area contributed by atoms with Crippen molar-refractivity contribution in [3.8, 4) is 0 Å². The molecule has 0 saturated carbocycles. The number of piperidine rings is 1. The van der Waals surface area contributed by atoms with Crippen molar-refractivity contribution in [2.75, 3.05) is 13.1 Å². The van der Waals surface area contributed by atoms with Gasteiger partial charge in [0.25, 0.3) is 0 Å². The third-order valence-electron chi connectivity index (χ3n) is 4.41. The van der Waals surface area contributed by atoms with Crippen molar-refractivity contribution in [3.63, 3.8) is 0 Å². The number of rotatable bonds is 3. The fourth-order valence-corrected chi connectivity index (χ4v) is 3.23. The highest BCUT2D eigenvalue weighted by atomic mass is 16.3. The summed E-state index contributed by atoms with van der Waals surface area (Å²) in [5.74, 6) is 0. The molecule has 2 aromatic carbocycles. The van der Waals surface area contributed by atoms with Crippen molar-refractivity contribution in [2.24, 2.45) is 0 Å². The number of quaternary nitrogens is 1. The summed E-state index contributed by atoms with van der Waals surface area (Å²) in [6, 6.07) is 21.4. The number of benzene rings is 2. The van der Waals surface area contributed by atoms with E-state index in [1.54, 1.807) is 0 Å². The number of aliphatic hydroxyl groups is 1. The van der Waals surface area contributed by atoms with Crippen molar-refractivity contribution in [2.45, 2.75) is 25.5 Å². The molecular weight excluding hydrogens is 246 g/mol. The van der Waals surface area contributed by atoms with Gasteiger partial charge in [-0.25, -0.2) is 0 Å². The van der Waals surface area contributed by atoms with Crippen molar-refractivity contribution < 1.29 is 5.11 Å². The molecule has 0 bridgehead atoms. The minimum atomic E-state index is -0.124. The van der Waals surface area contributed by atoms with Crippen LogP contribution in [0.25, 0.3) is 0 Å². The quantitative estimate of drug-likeness (QED) is 0.846. The first-order valence-electron chi connectivity index (χ1n) is 7.42. The second kappa shape index (κ2) is 5.78.